The summed E-state index contributed by atoms with van der Waals surface area (Å²) in [6, 6.07) is 15.6. The summed E-state index contributed by atoms with van der Waals surface area (Å²) in [5.41, 5.74) is 2.12. The topological polar surface area (TPSA) is 141 Å². The number of ether oxygens (including phenoxy) is 2. The van der Waals surface area contributed by atoms with E-state index in [1.165, 1.54) is 59.0 Å². The van der Waals surface area contributed by atoms with Crippen LogP contribution in [0.2, 0.25) is 0 Å². The van der Waals surface area contributed by atoms with Crippen LogP contribution in [0.1, 0.15) is 25.0 Å². The average Bonchev–Trinajstić information content (AvgIpc) is 3.08. The zero-order valence-electron chi connectivity index (χ0n) is 28.2. The smallest absolute Gasteiger partial charge is 0.330 e. The van der Waals surface area contributed by atoms with Gasteiger partial charge < -0.3 is 18.6 Å². The number of aryl methyl sites for hydroxylation is 2. The van der Waals surface area contributed by atoms with Crippen LogP contribution < -0.4 is 22.5 Å². The molecule has 2 aromatic carbocycles. The highest BCUT2D eigenvalue weighted by Gasteiger charge is 2.15. The van der Waals surface area contributed by atoms with E-state index < -0.39 is 0 Å². The summed E-state index contributed by atoms with van der Waals surface area (Å²) in [5, 5.41) is 0. The number of carbonyl (C=O) groups excluding carboxylic acids is 2. The molecule has 12 nitrogen and oxygen atoms in total. The van der Waals surface area contributed by atoms with Crippen LogP contribution in [0.25, 0.3) is 11.1 Å². The second-order valence-corrected chi connectivity index (χ2v) is 13.5. The second-order valence-electron chi connectivity index (χ2n) is 11.1. The SMILES string of the molecule is COC(=O)C(C)Cc1ccc(-c2cn(C)c(=O)n(C)c2=O)cc1.COC(=O)C(C)Cc1ccc(I)cc1.Cn1cc(I)c(=O)n(C)c1=O. The lowest BCUT2D eigenvalue weighted by Gasteiger charge is -2.10. The second kappa shape index (κ2) is 18.7. The van der Waals surface area contributed by atoms with Gasteiger partial charge in [0.25, 0.3) is 11.1 Å². The summed E-state index contributed by atoms with van der Waals surface area (Å²) in [6.45, 7) is 3.69. The van der Waals surface area contributed by atoms with E-state index in [9.17, 15) is 28.8 Å². The monoisotopic (exact) mass is 886 g/mol. The molecule has 0 bridgehead atoms. The van der Waals surface area contributed by atoms with Gasteiger partial charge >= 0.3 is 23.3 Å². The summed E-state index contributed by atoms with van der Waals surface area (Å²) in [7, 11) is 8.94. The van der Waals surface area contributed by atoms with Gasteiger partial charge in [0, 0.05) is 44.2 Å². The van der Waals surface area contributed by atoms with Gasteiger partial charge in [0.05, 0.1) is 35.2 Å². The van der Waals surface area contributed by atoms with Crippen LogP contribution in [0, 0.1) is 19.0 Å². The molecule has 0 amide bonds. The van der Waals surface area contributed by atoms with Crippen LogP contribution in [-0.2, 0) is 60.1 Å². The van der Waals surface area contributed by atoms with Gasteiger partial charge in [-0.1, -0.05) is 50.2 Å². The zero-order valence-corrected chi connectivity index (χ0v) is 32.5. The van der Waals surface area contributed by atoms with Crippen molar-refractivity contribution in [2.45, 2.75) is 26.7 Å². The number of halogens is 2. The summed E-state index contributed by atoms with van der Waals surface area (Å²) in [5.74, 6) is -0.694. The number of methoxy groups -OCH3 is 2. The fourth-order valence-corrected chi connectivity index (χ4v) is 5.63. The molecular weight excluding hydrogens is 846 g/mol. The Morgan fingerprint density at radius 2 is 1.04 bits per heavy atom. The molecule has 4 rings (SSSR count). The lowest BCUT2D eigenvalue weighted by atomic mass is 9.99. The van der Waals surface area contributed by atoms with E-state index in [-0.39, 0.29) is 46.3 Å². The van der Waals surface area contributed by atoms with Crippen molar-refractivity contribution in [3.63, 3.8) is 0 Å². The lowest BCUT2D eigenvalue weighted by Crippen LogP contribution is -2.37. The van der Waals surface area contributed by atoms with Crippen LogP contribution in [0.15, 0.2) is 80.1 Å². The predicted molar refractivity (Wildman–Crippen MR) is 201 cm³/mol. The first-order valence-electron chi connectivity index (χ1n) is 14.7. The number of hydrogen-bond acceptors (Lipinski definition) is 8. The lowest BCUT2D eigenvalue weighted by molar-refractivity contribution is -0.145. The quantitative estimate of drug-likeness (QED) is 0.203. The van der Waals surface area contributed by atoms with Crippen molar-refractivity contribution in [3.8, 4) is 11.1 Å². The Morgan fingerprint density at radius 1 is 0.646 bits per heavy atom. The molecule has 2 heterocycles. The number of hydrogen-bond donors (Lipinski definition) is 0. The van der Waals surface area contributed by atoms with Crippen LogP contribution in [0.4, 0.5) is 0 Å². The number of nitrogens with zero attached hydrogens (tertiary/aromatic N) is 4. The maximum absolute atomic E-state index is 12.2. The molecule has 0 N–H and O–H groups in total. The molecule has 14 heteroatoms. The van der Waals surface area contributed by atoms with E-state index in [0.29, 0.717) is 15.6 Å². The molecule has 4 aromatic rings. The summed E-state index contributed by atoms with van der Waals surface area (Å²) in [4.78, 5) is 68.7. The van der Waals surface area contributed by atoms with Crippen molar-refractivity contribution >= 4 is 57.1 Å². The number of carbonyl (C=O) groups is 2. The molecule has 0 saturated carbocycles. The van der Waals surface area contributed by atoms with Gasteiger partial charge in [-0.25, -0.2) is 9.59 Å². The van der Waals surface area contributed by atoms with Crippen molar-refractivity contribution in [1.82, 2.24) is 18.3 Å². The van der Waals surface area contributed by atoms with E-state index >= 15 is 0 Å². The molecule has 48 heavy (non-hydrogen) atoms. The molecular formula is C34H40I2N4O8. The third-order valence-electron chi connectivity index (χ3n) is 7.32. The number of rotatable bonds is 7. The first-order valence-corrected chi connectivity index (χ1v) is 16.9. The fraction of sp³-hybridized carbons (Fsp3) is 0.353. The Kier molecular flexibility index (Phi) is 15.7. The van der Waals surface area contributed by atoms with Crippen molar-refractivity contribution < 1.29 is 19.1 Å². The predicted octanol–water partition coefficient (Wildman–Crippen LogP) is 3.43. The highest BCUT2D eigenvalue weighted by molar-refractivity contribution is 14.1. The first-order chi connectivity index (χ1) is 22.5. The minimum Gasteiger partial charge on any atom is -0.469 e. The summed E-state index contributed by atoms with van der Waals surface area (Å²) in [6.07, 6.45) is 4.36. The molecule has 2 unspecified atom stereocenters. The van der Waals surface area contributed by atoms with Crippen LogP contribution in [-0.4, -0.2) is 44.4 Å². The molecule has 0 spiro atoms. The van der Waals surface area contributed by atoms with E-state index in [1.54, 1.807) is 14.1 Å². The zero-order chi connectivity index (χ0) is 36.3. The third kappa shape index (κ3) is 11.1. The standard InChI is InChI=1S/C17H20N2O4.C11H13IO2.C6H7IN2O2/c1-11(16(21)23-4)9-12-5-7-13(8-6-12)14-10-18(2)17(22)19(3)15(14)20;1-8(11(13)14-2)7-9-3-5-10(12)6-4-9;1-8-3-4(7)5(10)9(2)6(8)11/h5-8,10-11H,9H2,1-4H3;3-6,8H,7H2,1-2H3;3H,1-2H3. The fourth-order valence-electron chi connectivity index (χ4n) is 4.49. The van der Waals surface area contributed by atoms with E-state index in [2.05, 4.69) is 27.3 Å². The van der Waals surface area contributed by atoms with Crippen molar-refractivity contribution in [3.05, 3.63) is 121 Å². The van der Waals surface area contributed by atoms with Crippen molar-refractivity contribution in [2.24, 2.45) is 40.0 Å². The van der Waals surface area contributed by atoms with Crippen LogP contribution in [0.5, 0.6) is 0 Å². The highest BCUT2D eigenvalue weighted by atomic mass is 127. The Hall–Kier alpha value is -3.80. The van der Waals surface area contributed by atoms with Gasteiger partial charge in [-0.05, 0) is 86.8 Å². The normalized spacial score (nSPS) is 11.6. The Labute approximate surface area is 305 Å². The Morgan fingerprint density at radius 3 is 1.48 bits per heavy atom. The van der Waals surface area contributed by atoms with Crippen LogP contribution >= 0.6 is 45.2 Å². The molecule has 258 valence electrons. The van der Waals surface area contributed by atoms with Crippen LogP contribution in [0.3, 0.4) is 0 Å². The van der Waals surface area contributed by atoms with Gasteiger partial charge in [0.1, 0.15) is 0 Å². The molecule has 0 fully saturated rings. The highest BCUT2D eigenvalue weighted by Crippen LogP contribution is 2.18. The van der Waals surface area contributed by atoms with E-state index in [0.717, 1.165) is 26.7 Å². The van der Waals surface area contributed by atoms with Gasteiger partial charge in [0.2, 0.25) is 0 Å². The maximum atomic E-state index is 12.2. The minimum absolute atomic E-state index is 0.0694. The van der Waals surface area contributed by atoms with Gasteiger partial charge in [-0.2, -0.15) is 0 Å². The maximum Gasteiger partial charge on any atom is 0.330 e. The van der Waals surface area contributed by atoms with E-state index in [1.807, 2.05) is 85.0 Å². The average molecular weight is 887 g/mol. The van der Waals surface area contributed by atoms with Gasteiger partial charge in [-0.15, -0.1) is 0 Å². The molecule has 0 saturated heterocycles. The summed E-state index contributed by atoms with van der Waals surface area (Å²) < 4.78 is 16.1. The number of aromatic nitrogens is 4. The minimum atomic E-state index is -0.359. The largest absolute Gasteiger partial charge is 0.469 e. The molecule has 0 radical (unpaired) electrons. The van der Waals surface area contributed by atoms with E-state index in [4.69, 9.17) is 4.74 Å². The van der Waals surface area contributed by atoms with Gasteiger partial charge in [0.15, 0.2) is 0 Å². The van der Waals surface area contributed by atoms with Crippen molar-refractivity contribution in [2.75, 3.05) is 14.2 Å². The molecule has 2 atom stereocenters. The molecule has 0 aliphatic carbocycles. The van der Waals surface area contributed by atoms with Gasteiger partial charge in [-0.3, -0.25) is 28.3 Å². The molecule has 2 aromatic heterocycles. The number of benzene rings is 2. The number of esters is 2. The Balaban J connectivity index is 0.000000273. The third-order valence-corrected chi connectivity index (χ3v) is 8.78. The summed E-state index contributed by atoms with van der Waals surface area (Å²) >= 11 is 4.16. The van der Waals surface area contributed by atoms with Crippen molar-refractivity contribution in [1.29, 1.82) is 0 Å². The Bertz CT molecular complexity index is 1930. The molecule has 0 aliphatic rings. The first kappa shape index (κ1) is 40.4. The molecule has 0 aliphatic heterocycles.